The van der Waals surface area contributed by atoms with Crippen LogP contribution in [0.25, 0.3) is 43.6 Å². The van der Waals surface area contributed by atoms with Crippen molar-refractivity contribution in [2.45, 2.75) is 13.8 Å². The summed E-state index contributed by atoms with van der Waals surface area (Å²) in [6.45, 7) is 4.29. The lowest BCUT2D eigenvalue weighted by atomic mass is 10.1. The zero-order chi connectivity index (χ0) is 25.0. The number of H-pyrrole nitrogens is 2. The molecule has 0 atom stereocenters. The van der Waals surface area contributed by atoms with Gasteiger partial charge in [0.1, 0.15) is 0 Å². The Morgan fingerprint density at radius 1 is 0.543 bits per heavy atom. The van der Waals surface area contributed by atoms with Crippen molar-refractivity contribution in [2.24, 2.45) is 0 Å². The number of rotatable bonds is 0. The Morgan fingerprint density at radius 2 is 0.886 bits per heavy atom. The summed E-state index contributed by atoms with van der Waals surface area (Å²) in [6.07, 6.45) is 0. The molecule has 6 rings (SSSR count). The van der Waals surface area contributed by atoms with Crippen LogP contribution in [0.3, 0.4) is 0 Å². The number of hydrogen-bond donors (Lipinski definition) is 0. The topological polar surface area (TPSA) is 109 Å². The van der Waals surface area contributed by atoms with Gasteiger partial charge in [-0.25, -0.2) is 9.97 Å². The fourth-order valence-corrected chi connectivity index (χ4v) is 4.04. The zero-order valence-corrected chi connectivity index (χ0v) is 20.1. The van der Waals surface area contributed by atoms with Crippen molar-refractivity contribution in [3.8, 4) is 0 Å². The van der Waals surface area contributed by atoms with Crippen LogP contribution in [0.4, 0.5) is 0 Å². The third kappa shape index (κ3) is 6.16. The second kappa shape index (κ2) is 10.1. The first-order valence-electron chi connectivity index (χ1n) is 11.0. The minimum absolute atomic E-state index is 1.19. The van der Waals surface area contributed by atoms with Crippen LogP contribution in [-0.4, -0.2) is 17.5 Å². The molecule has 0 fully saturated rings. The summed E-state index contributed by atoms with van der Waals surface area (Å²) in [4.78, 5) is 6.90. The summed E-state index contributed by atoms with van der Waals surface area (Å²) >= 11 is 0. The SMILES string of the molecule is Cc1cccc2[nH+]c3ccccc3cc12.Cc1cccc2[nH+]c3ccccc3cc12.O=S(=O)([O-])[O-]. The molecule has 2 heterocycles. The van der Waals surface area contributed by atoms with E-state index in [2.05, 4.69) is 121 Å². The maximum absolute atomic E-state index is 8.52. The number of benzene rings is 4. The Morgan fingerprint density at radius 3 is 1.29 bits per heavy atom. The van der Waals surface area contributed by atoms with Crippen molar-refractivity contribution >= 4 is 54.0 Å². The van der Waals surface area contributed by atoms with E-state index in [0.717, 1.165) is 0 Å². The second-order valence-corrected chi connectivity index (χ2v) is 9.01. The van der Waals surface area contributed by atoms with Gasteiger partial charge in [-0.2, -0.15) is 0 Å². The van der Waals surface area contributed by atoms with Crippen LogP contribution >= 0.6 is 0 Å². The first-order valence-corrected chi connectivity index (χ1v) is 12.3. The highest BCUT2D eigenvalue weighted by atomic mass is 32.3. The molecule has 0 aliphatic heterocycles. The van der Waals surface area contributed by atoms with E-state index >= 15 is 0 Å². The molecule has 6 aromatic rings. The van der Waals surface area contributed by atoms with Crippen molar-refractivity contribution in [2.75, 3.05) is 0 Å². The highest BCUT2D eigenvalue weighted by Crippen LogP contribution is 2.20. The number of nitrogens with one attached hydrogen (secondary N) is 2. The average molecular weight is 485 g/mol. The number of fused-ring (bicyclic) bond motifs is 4. The molecule has 0 saturated carbocycles. The molecule has 2 aromatic heterocycles. The zero-order valence-electron chi connectivity index (χ0n) is 19.3. The molecule has 0 unspecified atom stereocenters. The van der Waals surface area contributed by atoms with E-state index in [0.29, 0.717) is 0 Å². The Bertz CT molecular complexity index is 1640. The van der Waals surface area contributed by atoms with Crippen molar-refractivity contribution in [3.63, 3.8) is 0 Å². The molecule has 0 bridgehead atoms. The molecule has 6 nitrogen and oxygen atoms in total. The van der Waals surface area contributed by atoms with E-state index in [1.54, 1.807) is 0 Å². The summed E-state index contributed by atoms with van der Waals surface area (Å²) in [5.41, 5.74) is 7.41. The Kier molecular flexibility index (Phi) is 7.02. The second-order valence-electron chi connectivity index (χ2n) is 8.19. The van der Waals surface area contributed by atoms with Crippen LogP contribution in [-0.2, 0) is 10.4 Å². The standard InChI is InChI=1S/2C14H11N.H2O4S/c2*1-10-5-4-8-14-12(10)9-11-6-2-3-7-13(11)15-14;1-5(2,3)4/h2*2-9H,1H3;(H2,1,2,3,4). The first kappa shape index (κ1) is 24.2. The van der Waals surface area contributed by atoms with Crippen LogP contribution in [0, 0.1) is 13.8 Å². The van der Waals surface area contributed by atoms with Gasteiger partial charge in [0.25, 0.3) is 0 Å². The van der Waals surface area contributed by atoms with Crippen molar-refractivity contribution in [3.05, 3.63) is 108 Å². The Balaban J connectivity index is 0.000000139. The van der Waals surface area contributed by atoms with E-state index in [1.165, 1.54) is 54.7 Å². The molecule has 0 aliphatic carbocycles. The van der Waals surface area contributed by atoms with Gasteiger partial charge in [-0.3, -0.25) is 8.42 Å². The molecule has 35 heavy (non-hydrogen) atoms. The Hall–Kier alpha value is -3.91. The van der Waals surface area contributed by atoms with Gasteiger partial charge in [-0.05, 0) is 49.2 Å². The fourth-order valence-electron chi connectivity index (χ4n) is 4.04. The minimum atomic E-state index is -5.17. The van der Waals surface area contributed by atoms with Gasteiger partial charge in [0, 0.05) is 56.2 Å². The lowest BCUT2D eigenvalue weighted by molar-refractivity contribution is -0.310. The van der Waals surface area contributed by atoms with E-state index in [9.17, 15) is 0 Å². The van der Waals surface area contributed by atoms with Crippen molar-refractivity contribution < 1.29 is 27.5 Å². The summed E-state index contributed by atoms with van der Waals surface area (Å²) in [6, 6.07) is 33.9. The molecule has 0 aliphatic rings. The van der Waals surface area contributed by atoms with Crippen LogP contribution in [0.1, 0.15) is 11.1 Å². The third-order valence-electron chi connectivity index (χ3n) is 5.71. The van der Waals surface area contributed by atoms with Crippen LogP contribution in [0.5, 0.6) is 0 Å². The first-order chi connectivity index (χ1) is 16.7. The monoisotopic (exact) mass is 484 g/mol. The molecule has 0 radical (unpaired) electrons. The third-order valence-corrected chi connectivity index (χ3v) is 5.71. The van der Waals surface area contributed by atoms with E-state index in [-0.39, 0.29) is 0 Å². The van der Waals surface area contributed by atoms with Gasteiger partial charge in [0.05, 0.1) is 0 Å². The highest BCUT2D eigenvalue weighted by Gasteiger charge is 2.07. The number of aromatic nitrogens is 2. The van der Waals surface area contributed by atoms with Gasteiger partial charge in [0.2, 0.25) is 22.1 Å². The van der Waals surface area contributed by atoms with Crippen LogP contribution in [0.15, 0.2) is 97.1 Å². The largest absolute Gasteiger partial charge is 0.759 e. The lowest BCUT2D eigenvalue weighted by Crippen LogP contribution is -2.05. The number of pyridine rings is 2. The Labute approximate surface area is 203 Å². The minimum Gasteiger partial charge on any atom is -0.759 e. The smallest absolute Gasteiger partial charge is 0.211 e. The van der Waals surface area contributed by atoms with Crippen LogP contribution < -0.4 is 9.97 Å². The average Bonchev–Trinajstić information content (AvgIpc) is 2.82. The molecular weight excluding hydrogens is 460 g/mol. The number of para-hydroxylation sites is 2. The van der Waals surface area contributed by atoms with Gasteiger partial charge >= 0.3 is 0 Å². The van der Waals surface area contributed by atoms with Gasteiger partial charge in [-0.1, -0.05) is 48.5 Å². The molecule has 7 heteroatoms. The van der Waals surface area contributed by atoms with E-state index in [1.807, 2.05) is 0 Å². The summed E-state index contributed by atoms with van der Waals surface area (Å²) in [5.74, 6) is 0. The quantitative estimate of drug-likeness (QED) is 0.174. The number of aryl methyl sites for hydroxylation is 2. The van der Waals surface area contributed by atoms with E-state index < -0.39 is 10.4 Å². The van der Waals surface area contributed by atoms with E-state index in [4.69, 9.17) is 17.5 Å². The molecular formula is C28H24N2O4S. The van der Waals surface area contributed by atoms with Crippen molar-refractivity contribution in [1.29, 1.82) is 0 Å². The molecule has 4 aromatic carbocycles. The predicted molar refractivity (Wildman–Crippen MR) is 136 cm³/mol. The lowest BCUT2D eigenvalue weighted by Gasteiger charge is -2.06. The maximum atomic E-state index is 8.52. The highest BCUT2D eigenvalue weighted by molar-refractivity contribution is 7.79. The summed E-state index contributed by atoms with van der Waals surface area (Å²) < 4.78 is 34.1. The summed E-state index contributed by atoms with van der Waals surface area (Å²) in [5, 5.41) is 5.13. The van der Waals surface area contributed by atoms with Gasteiger partial charge in [0.15, 0.2) is 0 Å². The molecule has 0 spiro atoms. The summed E-state index contributed by atoms with van der Waals surface area (Å²) in [7, 11) is -5.17. The number of aromatic amines is 2. The predicted octanol–water partition coefficient (Wildman–Crippen LogP) is 4.89. The molecule has 0 amide bonds. The normalized spacial score (nSPS) is 11.1. The van der Waals surface area contributed by atoms with Gasteiger partial charge in [-0.15, -0.1) is 0 Å². The van der Waals surface area contributed by atoms with Crippen LogP contribution in [0.2, 0.25) is 0 Å². The molecule has 0 saturated heterocycles. The van der Waals surface area contributed by atoms with Gasteiger partial charge < -0.3 is 9.11 Å². The number of hydrogen-bond acceptors (Lipinski definition) is 4. The maximum Gasteiger partial charge on any atom is 0.211 e. The van der Waals surface area contributed by atoms with Crippen molar-refractivity contribution in [1.82, 2.24) is 0 Å². The fraction of sp³-hybridized carbons (Fsp3) is 0.0714. The molecule has 176 valence electrons. The molecule has 2 N–H and O–H groups in total.